The van der Waals surface area contributed by atoms with Crippen LogP contribution < -0.4 is 0 Å². The molecule has 5 aromatic rings. The van der Waals surface area contributed by atoms with Crippen LogP contribution in [-0.2, 0) is 4.43 Å². The van der Waals surface area contributed by atoms with Gasteiger partial charge < -0.3 is 4.43 Å². The smallest absolute Gasteiger partial charge is 0.192 e. The van der Waals surface area contributed by atoms with Gasteiger partial charge in [-0.15, -0.1) is 0 Å². The molecule has 0 aliphatic heterocycles. The Balaban J connectivity index is 1.20. The normalized spacial score (nSPS) is 18.6. The van der Waals surface area contributed by atoms with Gasteiger partial charge in [0.1, 0.15) is 0 Å². The first-order valence-corrected chi connectivity index (χ1v) is 17.4. The number of aromatic nitrogens is 6. The van der Waals surface area contributed by atoms with Crippen molar-refractivity contribution in [2.75, 3.05) is 0 Å². The van der Waals surface area contributed by atoms with Crippen LogP contribution in [-0.4, -0.2) is 43.8 Å². The topological polar surface area (TPSA) is 70.1 Å². The van der Waals surface area contributed by atoms with E-state index in [1.807, 2.05) is 48.2 Å². The number of imidazole rings is 1. The van der Waals surface area contributed by atoms with Crippen molar-refractivity contribution in [1.29, 1.82) is 0 Å². The molecule has 9 heteroatoms. The number of aryl methyl sites for hydroxylation is 1. The molecule has 208 valence electrons. The molecule has 0 amide bonds. The average molecular weight is 573 g/mol. The van der Waals surface area contributed by atoms with E-state index in [9.17, 15) is 0 Å². The fourth-order valence-corrected chi connectivity index (χ4v) is 7.01. The van der Waals surface area contributed by atoms with Crippen LogP contribution in [0.4, 0.5) is 0 Å². The summed E-state index contributed by atoms with van der Waals surface area (Å²) in [5.74, 6) is 0. The standard InChI is InChI=1S/C31H37ClN6OSi/c1-20-27(23-17-35-37(19-23)25-9-11-26(12-10-25)39-40(5,6)31(2,3)4)15-30-34-18-29(38(30)36-20)22-13-21-7-8-24(32)14-28(21)33-16-22/h7-8,13-19,25-26H,9-12H2,1-6H3. The van der Waals surface area contributed by atoms with Crippen LogP contribution >= 0.6 is 11.6 Å². The number of pyridine rings is 1. The molecule has 4 aromatic heterocycles. The SMILES string of the molecule is Cc1nn2c(-c3cnc4cc(Cl)ccc4c3)cnc2cc1-c1cnn(C2CCC(O[Si](C)(C)C(C)(C)C)CC2)c1. The summed E-state index contributed by atoms with van der Waals surface area (Å²) in [5, 5.41) is 11.6. The number of hydrogen-bond acceptors (Lipinski definition) is 5. The van der Waals surface area contributed by atoms with E-state index in [0.29, 0.717) is 17.2 Å². The molecule has 0 saturated heterocycles. The van der Waals surface area contributed by atoms with E-state index < -0.39 is 8.32 Å². The van der Waals surface area contributed by atoms with Crippen LogP contribution in [0.3, 0.4) is 0 Å². The van der Waals surface area contributed by atoms with Crippen LogP contribution in [0, 0.1) is 6.92 Å². The highest BCUT2D eigenvalue weighted by atomic mass is 35.5. The van der Waals surface area contributed by atoms with Crippen molar-refractivity contribution in [3.63, 3.8) is 0 Å². The van der Waals surface area contributed by atoms with E-state index in [1.165, 1.54) is 0 Å². The Morgan fingerprint density at radius 2 is 1.73 bits per heavy atom. The molecule has 0 unspecified atom stereocenters. The lowest BCUT2D eigenvalue weighted by molar-refractivity contribution is 0.115. The van der Waals surface area contributed by atoms with E-state index in [-0.39, 0.29) is 5.04 Å². The maximum absolute atomic E-state index is 6.70. The van der Waals surface area contributed by atoms with Crippen LogP contribution in [0.25, 0.3) is 38.9 Å². The van der Waals surface area contributed by atoms with Gasteiger partial charge in [-0.25, -0.2) is 9.50 Å². The Labute approximate surface area is 241 Å². The predicted octanol–water partition coefficient (Wildman–Crippen LogP) is 8.28. The molecule has 0 bridgehead atoms. The minimum Gasteiger partial charge on any atom is -0.414 e. The summed E-state index contributed by atoms with van der Waals surface area (Å²) in [6, 6.07) is 10.3. The minimum absolute atomic E-state index is 0.241. The van der Waals surface area contributed by atoms with Crippen molar-refractivity contribution in [2.45, 2.75) is 83.7 Å². The Kier molecular flexibility index (Phi) is 6.84. The summed E-state index contributed by atoms with van der Waals surface area (Å²) >= 11 is 6.13. The summed E-state index contributed by atoms with van der Waals surface area (Å²) in [4.78, 5) is 9.28. The summed E-state index contributed by atoms with van der Waals surface area (Å²) in [5.41, 5.74) is 6.58. The molecule has 0 radical (unpaired) electrons. The van der Waals surface area contributed by atoms with Gasteiger partial charge in [0.05, 0.1) is 35.3 Å². The Morgan fingerprint density at radius 3 is 2.48 bits per heavy atom. The third kappa shape index (κ3) is 5.08. The highest BCUT2D eigenvalue weighted by Crippen LogP contribution is 2.40. The van der Waals surface area contributed by atoms with Crippen molar-refractivity contribution >= 4 is 36.5 Å². The molecule has 1 saturated carbocycles. The molecular formula is C31H37ClN6OSi. The van der Waals surface area contributed by atoms with E-state index in [0.717, 1.165) is 70.3 Å². The summed E-state index contributed by atoms with van der Waals surface area (Å²) in [6.07, 6.45) is 12.6. The van der Waals surface area contributed by atoms with E-state index in [2.05, 4.69) is 66.8 Å². The highest BCUT2D eigenvalue weighted by molar-refractivity contribution is 6.74. The van der Waals surface area contributed by atoms with Crippen LogP contribution in [0.2, 0.25) is 23.2 Å². The van der Waals surface area contributed by atoms with Crippen LogP contribution in [0.1, 0.15) is 58.2 Å². The van der Waals surface area contributed by atoms with Gasteiger partial charge in [0.2, 0.25) is 0 Å². The van der Waals surface area contributed by atoms with Crippen molar-refractivity contribution in [1.82, 2.24) is 29.4 Å². The van der Waals surface area contributed by atoms with Gasteiger partial charge in [-0.1, -0.05) is 38.4 Å². The quantitative estimate of drug-likeness (QED) is 0.198. The molecule has 0 N–H and O–H groups in total. The Hall–Kier alpha value is -3.07. The highest BCUT2D eigenvalue weighted by Gasteiger charge is 2.40. The summed E-state index contributed by atoms with van der Waals surface area (Å²) < 4.78 is 10.7. The number of rotatable bonds is 5. The molecule has 1 aliphatic carbocycles. The third-order valence-electron chi connectivity index (χ3n) is 8.82. The maximum atomic E-state index is 6.70. The predicted molar refractivity (Wildman–Crippen MR) is 164 cm³/mol. The number of nitrogens with zero attached hydrogens (tertiary/aromatic N) is 6. The Bertz CT molecular complexity index is 1690. The van der Waals surface area contributed by atoms with Crippen molar-refractivity contribution in [3.8, 4) is 22.4 Å². The second kappa shape index (κ2) is 10.1. The largest absolute Gasteiger partial charge is 0.414 e. The maximum Gasteiger partial charge on any atom is 0.192 e. The first-order valence-electron chi connectivity index (χ1n) is 14.1. The second-order valence-corrected chi connectivity index (χ2v) is 17.8. The zero-order valence-electron chi connectivity index (χ0n) is 24.1. The number of hydrogen-bond donors (Lipinski definition) is 0. The fourth-order valence-electron chi connectivity index (χ4n) is 5.42. The van der Waals surface area contributed by atoms with E-state index in [1.54, 1.807) is 0 Å². The van der Waals surface area contributed by atoms with E-state index >= 15 is 0 Å². The fraction of sp³-hybridized carbons (Fsp3) is 0.419. The molecule has 1 aliphatic rings. The Morgan fingerprint density at radius 1 is 0.950 bits per heavy atom. The van der Waals surface area contributed by atoms with Gasteiger partial charge in [-0.05, 0) is 75.0 Å². The third-order valence-corrected chi connectivity index (χ3v) is 13.6. The van der Waals surface area contributed by atoms with E-state index in [4.69, 9.17) is 26.2 Å². The second-order valence-electron chi connectivity index (χ2n) is 12.6. The molecular weight excluding hydrogens is 536 g/mol. The number of benzene rings is 1. The van der Waals surface area contributed by atoms with Crippen LogP contribution in [0.15, 0.2) is 55.1 Å². The lowest BCUT2D eigenvalue weighted by atomic mass is 9.93. The first kappa shape index (κ1) is 27.1. The van der Waals surface area contributed by atoms with Crippen LogP contribution in [0.5, 0.6) is 0 Å². The first-order chi connectivity index (χ1) is 19.0. The number of halogens is 1. The zero-order chi connectivity index (χ0) is 28.2. The van der Waals surface area contributed by atoms with Gasteiger partial charge >= 0.3 is 0 Å². The molecule has 6 rings (SSSR count). The van der Waals surface area contributed by atoms with Crippen molar-refractivity contribution < 1.29 is 4.43 Å². The molecule has 4 heterocycles. The monoisotopic (exact) mass is 572 g/mol. The minimum atomic E-state index is -1.74. The number of fused-ring (bicyclic) bond motifs is 2. The average Bonchev–Trinajstić information content (AvgIpc) is 3.55. The summed E-state index contributed by atoms with van der Waals surface area (Å²) in [7, 11) is -1.74. The molecule has 0 spiro atoms. The molecule has 0 atom stereocenters. The van der Waals surface area contributed by atoms with Gasteiger partial charge in [0, 0.05) is 45.6 Å². The lowest BCUT2D eigenvalue weighted by Gasteiger charge is -2.41. The zero-order valence-corrected chi connectivity index (χ0v) is 25.9. The van der Waals surface area contributed by atoms with Crippen molar-refractivity contribution in [2.24, 2.45) is 0 Å². The lowest BCUT2D eigenvalue weighted by Crippen LogP contribution is -2.44. The van der Waals surface area contributed by atoms with Gasteiger partial charge in [-0.3, -0.25) is 9.67 Å². The molecule has 1 fully saturated rings. The molecule has 7 nitrogen and oxygen atoms in total. The van der Waals surface area contributed by atoms with Crippen molar-refractivity contribution in [3.05, 3.63) is 65.8 Å². The van der Waals surface area contributed by atoms with Gasteiger partial charge in [0.15, 0.2) is 14.0 Å². The van der Waals surface area contributed by atoms with Gasteiger partial charge in [-0.2, -0.15) is 10.2 Å². The molecule has 40 heavy (non-hydrogen) atoms. The summed E-state index contributed by atoms with van der Waals surface area (Å²) in [6.45, 7) is 13.7. The molecule has 1 aromatic carbocycles. The van der Waals surface area contributed by atoms with Gasteiger partial charge in [0.25, 0.3) is 0 Å².